The normalized spacial score (nSPS) is 24.4. The van der Waals surface area contributed by atoms with E-state index >= 15 is 0 Å². The average molecular weight is 588 g/mol. The quantitative estimate of drug-likeness (QED) is 0.275. The molecule has 3 heterocycles. The predicted molar refractivity (Wildman–Crippen MR) is 148 cm³/mol. The summed E-state index contributed by atoms with van der Waals surface area (Å²) < 4.78 is 6.36. The van der Waals surface area contributed by atoms with E-state index < -0.39 is 41.2 Å². The average Bonchev–Trinajstić information content (AvgIpc) is 3.58. The van der Waals surface area contributed by atoms with Gasteiger partial charge in [0.05, 0.1) is 25.5 Å². The zero-order chi connectivity index (χ0) is 27.3. The first-order valence-electron chi connectivity index (χ1n) is 12.6. The molecule has 2 aliphatic heterocycles. The molecule has 3 N–H and O–H groups in total. The molecule has 0 saturated carbocycles. The molecular formula is C30H26BrN3O5. The number of carboxylic acids is 1. The van der Waals surface area contributed by atoms with Gasteiger partial charge in [0.25, 0.3) is 0 Å². The minimum atomic E-state index is -1.73. The van der Waals surface area contributed by atoms with E-state index in [1.54, 1.807) is 12.3 Å². The molecule has 4 unspecified atom stereocenters. The first-order valence-corrected chi connectivity index (χ1v) is 13.4. The first kappa shape index (κ1) is 25.3. The Bertz CT molecular complexity index is 1600. The van der Waals surface area contributed by atoms with Crippen molar-refractivity contribution in [2.24, 2.45) is 11.8 Å². The molecule has 1 aromatic heterocycles. The molecule has 6 rings (SSSR count). The Morgan fingerprint density at radius 3 is 2.54 bits per heavy atom. The lowest BCUT2D eigenvalue weighted by Gasteiger charge is -2.31. The standard InChI is InChI=1S/C30H26BrN3O5/c1-39-23-12-11-19(31)13-21(23)26-24-25(28(36)34(27(24)35)16-17-7-3-2-4-8-17)30(33-26,29(37)38)14-18-15-32-22-10-6-5-9-20(18)22/h2-13,15,24-26,32-33H,14,16H2,1H3,(H,37,38). The third-order valence-corrected chi connectivity index (χ3v) is 8.47. The predicted octanol–water partition coefficient (Wildman–Crippen LogP) is 4.45. The number of benzene rings is 3. The third kappa shape index (κ3) is 4.04. The van der Waals surface area contributed by atoms with Gasteiger partial charge in [0, 0.05) is 39.6 Å². The smallest absolute Gasteiger partial charge is 0.325 e. The minimum Gasteiger partial charge on any atom is -0.496 e. The number of H-pyrrole nitrogens is 1. The van der Waals surface area contributed by atoms with Gasteiger partial charge in [0.15, 0.2) is 0 Å². The van der Waals surface area contributed by atoms with Crippen LogP contribution in [0.25, 0.3) is 10.9 Å². The van der Waals surface area contributed by atoms with Crippen LogP contribution in [-0.4, -0.2) is 45.4 Å². The van der Waals surface area contributed by atoms with Crippen LogP contribution in [0, 0.1) is 11.8 Å². The minimum absolute atomic E-state index is 0.0124. The van der Waals surface area contributed by atoms with Gasteiger partial charge in [-0.05, 0) is 35.4 Å². The highest BCUT2D eigenvalue weighted by atomic mass is 79.9. The van der Waals surface area contributed by atoms with Crippen molar-refractivity contribution in [1.29, 1.82) is 0 Å². The number of hydrogen-bond donors (Lipinski definition) is 3. The van der Waals surface area contributed by atoms with Gasteiger partial charge >= 0.3 is 5.97 Å². The lowest BCUT2D eigenvalue weighted by Crippen LogP contribution is -2.57. The van der Waals surface area contributed by atoms with Gasteiger partial charge in [-0.25, -0.2) is 0 Å². The van der Waals surface area contributed by atoms with Gasteiger partial charge < -0.3 is 14.8 Å². The summed E-state index contributed by atoms with van der Waals surface area (Å²) in [6.07, 6.45) is 1.79. The second-order valence-electron chi connectivity index (χ2n) is 10.1. The number of aromatic amines is 1. The maximum absolute atomic E-state index is 14.1. The molecule has 4 atom stereocenters. The second-order valence-corrected chi connectivity index (χ2v) is 11.0. The highest BCUT2D eigenvalue weighted by molar-refractivity contribution is 9.10. The molecule has 198 valence electrons. The molecule has 2 amide bonds. The summed E-state index contributed by atoms with van der Waals surface area (Å²) in [5, 5.41) is 15.0. The van der Waals surface area contributed by atoms with Crippen LogP contribution in [0.15, 0.2) is 83.5 Å². The Balaban J connectivity index is 1.50. The molecule has 9 heteroatoms. The van der Waals surface area contributed by atoms with Gasteiger partial charge in [0.2, 0.25) is 11.8 Å². The number of halogens is 1. The Morgan fingerprint density at radius 1 is 1.05 bits per heavy atom. The van der Waals surface area contributed by atoms with E-state index in [9.17, 15) is 19.5 Å². The number of likely N-dealkylation sites (tertiary alicyclic amines) is 1. The Kier molecular flexibility index (Phi) is 6.28. The number of aromatic nitrogens is 1. The fraction of sp³-hybridized carbons (Fsp3) is 0.233. The molecule has 2 saturated heterocycles. The number of fused-ring (bicyclic) bond motifs is 2. The summed E-state index contributed by atoms with van der Waals surface area (Å²) in [5.74, 6) is -3.60. The van der Waals surface area contributed by atoms with E-state index in [0.29, 0.717) is 11.3 Å². The largest absolute Gasteiger partial charge is 0.496 e. The van der Waals surface area contributed by atoms with Gasteiger partial charge in [-0.2, -0.15) is 0 Å². The topological polar surface area (TPSA) is 112 Å². The number of methoxy groups -OCH3 is 1. The molecule has 4 aromatic rings. The molecule has 0 bridgehead atoms. The van der Waals surface area contributed by atoms with Crippen molar-refractivity contribution >= 4 is 44.6 Å². The number of amides is 2. The van der Waals surface area contributed by atoms with Crippen LogP contribution in [0.3, 0.4) is 0 Å². The number of aliphatic carboxylic acids is 1. The number of carbonyl (C=O) groups is 3. The number of carboxylic acid groups (broad SMARTS) is 1. The van der Waals surface area contributed by atoms with Crippen LogP contribution in [0.4, 0.5) is 0 Å². The van der Waals surface area contributed by atoms with Crippen molar-refractivity contribution in [3.8, 4) is 5.75 Å². The van der Waals surface area contributed by atoms with Gasteiger partial charge in [-0.3, -0.25) is 24.6 Å². The number of para-hydroxylation sites is 1. The second kappa shape index (κ2) is 9.66. The number of imide groups is 1. The maximum Gasteiger partial charge on any atom is 0.325 e. The van der Waals surface area contributed by atoms with Gasteiger partial charge in [-0.15, -0.1) is 0 Å². The zero-order valence-corrected chi connectivity index (χ0v) is 22.6. The first-order chi connectivity index (χ1) is 18.8. The summed E-state index contributed by atoms with van der Waals surface area (Å²) in [6, 6.07) is 21.5. The highest BCUT2D eigenvalue weighted by Gasteiger charge is 2.68. The van der Waals surface area contributed by atoms with E-state index in [1.807, 2.05) is 66.7 Å². The van der Waals surface area contributed by atoms with Crippen LogP contribution in [0.1, 0.15) is 22.7 Å². The van der Waals surface area contributed by atoms with Crippen molar-refractivity contribution in [3.05, 3.63) is 100 Å². The summed E-state index contributed by atoms with van der Waals surface area (Å²) in [6.45, 7) is 0.0800. The van der Waals surface area contributed by atoms with Gasteiger partial charge in [-0.1, -0.05) is 64.5 Å². The van der Waals surface area contributed by atoms with Crippen molar-refractivity contribution in [3.63, 3.8) is 0 Å². The Hall–Kier alpha value is -3.95. The Morgan fingerprint density at radius 2 is 1.79 bits per heavy atom. The van der Waals surface area contributed by atoms with Crippen LogP contribution in [-0.2, 0) is 27.3 Å². The zero-order valence-electron chi connectivity index (χ0n) is 21.1. The van der Waals surface area contributed by atoms with E-state index in [-0.39, 0.29) is 13.0 Å². The van der Waals surface area contributed by atoms with E-state index in [4.69, 9.17) is 4.74 Å². The molecule has 8 nitrogen and oxygen atoms in total. The van der Waals surface area contributed by atoms with E-state index in [2.05, 4.69) is 26.2 Å². The molecule has 0 spiro atoms. The molecule has 2 aliphatic rings. The number of carbonyl (C=O) groups excluding carboxylic acids is 2. The summed E-state index contributed by atoms with van der Waals surface area (Å²) >= 11 is 3.50. The number of rotatable bonds is 7. The van der Waals surface area contributed by atoms with E-state index in [0.717, 1.165) is 26.5 Å². The third-order valence-electron chi connectivity index (χ3n) is 7.98. The fourth-order valence-electron chi connectivity index (χ4n) is 6.21. The van der Waals surface area contributed by atoms with Gasteiger partial charge in [0.1, 0.15) is 11.3 Å². The molecule has 0 radical (unpaired) electrons. The van der Waals surface area contributed by atoms with Crippen molar-refractivity contribution in [1.82, 2.24) is 15.2 Å². The number of nitrogens with one attached hydrogen (secondary N) is 2. The molecule has 0 aliphatic carbocycles. The van der Waals surface area contributed by atoms with E-state index in [1.165, 1.54) is 12.0 Å². The highest BCUT2D eigenvalue weighted by Crippen LogP contribution is 2.52. The fourth-order valence-corrected chi connectivity index (χ4v) is 6.59. The van der Waals surface area contributed by atoms with Crippen LogP contribution >= 0.6 is 15.9 Å². The number of hydrogen-bond acceptors (Lipinski definition) is 5. The lowest BCUT2D eigenvalue weighted by atomic mass is 9.76. The van der Waals surface area contributed by atoms with Crippen molar-refractivity contribution < 1.29 is 24.2 Å². The number of ether oxygens (including phenoxy) is 1. The number of nitrogens with zero attached hydrogens (tertiary/aromatic N) is 1. The monoisotopic (exact) mass is 587 g/mol. The molecule has 39 heavy (non-hydrogen) atoms. The maximum atomic E-state index is 14.1. The van der Waals surface area contributed by atoms with Crippen LogP contribution < -0.4 is 10.1 Å². The van der Waals surface area contributed by atoms with Crippen LogP contribution in [0.2, 0.25) is 0 Å². The molecule has 2 fully saturated rings. The summed E-state index contributed by atoms with van der Waals surface area (Å²) in [7, 11) is 1.53. The SMILES string of the molecule is COc1ccc(Br)cc1C1NC(Cc2c[nH]c3ccccc23)(C(=O)O)C2C(=O)N(Cc3ccccc3)C(=O)C12. The Labute approximate surface area is 233 Å². The molecular weight excluding hydrogens is 562 g/mol. The van der Waals surface area contributed by atoms with Crippen molar-refractivity contribution in [2.45, 2.75) is 24.5 Å². The van der Waals surface area contributed by atoms with Crippen LogP contribution in [0.5, 0.6) is 5.75 Å². The summed E-state index contributed by atoms with van der Waals surface area (Å²) in [4.78, 5) is 45.7. The summed E-state index contributed by atoms with van der Waals surface area (Å²) in [5.41, 5.74) is 1.30. The molecule has 3 aromatic carbocycles. The van der Waals surface area contributed by atoms with Crippen molar-refractivity contribution in [2.75, 3.05) is 7.11 Å². The lowest BCUT2D eigenvalue weighted by molar-refractivity contribution is -0.151.